The topological polar surface area (TPSA) is 556 Å². The van der Waals surface area contributed by atoms with Gasteiger partial charge in [0.25, 0.3) is 17.1 Å². The molecule has 16 atom stereocenters. The van der Waals surface area contributed by atoms with Gasteiger partial charge in [0.1, 0.15) is 50.0 Å². The monoisotopic (exact) mass is 1140 g/mol. The van der Waals surface area contributed by atoms with Crippen LogP contribution in [0.15, 0.2) is 34.9 Å². The number of aromatic amines is 2. The summed E-state index contributed by atoms with van der Waals surface area (Å²) >= 11 is 0. The number of aliphatic hydroxyl groups is 4. The Bertz CT molecular complexity index is 3470. The molecular weight excluding hydrogens is 1100 g/mol. The molecule has 0 aliphatic carbocycles. The van der Waals surface area contributed by atoms with Gasteiger partial charge in [-0.05, 0) is 0 Å². The molecular formula is C33H45N15O23P4. The van der Waals surface area contributed by atoms with E-state index in [2.05, 4.69) is 48.5 Å². The van der Waals surface area contributed by atoms with Crippen molar-refractivity contribution in [2.45, 2.75) is 67.1 Å². The van der Waals surface area contributed by atoms with Crippen molar-refractivity contribution in [2.24, 2.45) is 13.0 Å². The maximum absolute atomic E-state index is 14.3. The average molecular weight is 1140 g/mol. The lowest BCUT2D eigenvalue weighted by atomic mass is 9.99. The van der Waals surface area contributed by atoms with Gasteiger partial charge < -0.3 is 85.2 Å². The van der Waals surface area contributed by atoms with Crippen LogP contribution in [0.2, 0.25) is 0 Å². The number of methoxy groups -OCH3 is 1. The van der Waals surface area contributed by atoms with Crippen LogP contribution < -0.4 is 37.8 Å². The highest BCUT2D eigenvalue weighted by atomic mass is 31.3. The molecule has 0 aromatic carbocycles. The minimum Gasteiger partial charge on any atom is -0.778 e. The zero-order valence-electron chi connectivity index (χ0n) is 38.2. The highest BCUT2D eigenvalue weighted by molar-refractivity contribution is 7.66. The van der Waals surface area contributed by atoms with E-state index in [0.717, 1.165) is 35.2 Å². The SMILES string of the molecule is CO[C@@H]1[C@H](P(=O)([O-])OC[C@H]2O[C@@H](n3cnc4c(=O)[nH]c(N)nc43)[C@H](O)[C@@H]2O)[C@@H](COP(=O)(O)OP(=O)(O)OP(=O)(O)OC[C@H]2O[C@@H]([n+]3cn(C)c4c(=O)[nH]c(N)nc43)[C@H](O)[C@@H]2CO)O[C@H]1n1cnc2c(N)ncnc21. The van der Waals surface area contributed by atoms with E-state index in [0.29, 0.717) is 0 Å². The first-order chi connectivity index (χ1) is 35.2. The van der Waals surface area contributed by atoms with Crippen molar-refractivity contribution in [1.82, 2.24) is 53.6 Å². The first-order valence-corrected chi connectivity index (χ1v) is 27.5. The molecule has 6 aromatic heterocycles. The number of hydrogen-bond acceptors (Lipinski definition) is 29. The number of rotatable bonds is 19. The van der Waals surface area contributed by atoms with E-state index in [1.165, 1.54) is 22.5 Å². The van der Waals surface area contributed by atoms with Crippen molar-refractivity contribution in [3.05, 3.63) is 46.0 Å². The molecule has 15 N–H and O–H groups in total. The fourth-order valence-electron chi connectivity index (χ4n) is 8.79. The predicted molar refractivity (Wildman–Crippen MR) is 240 cm³/mol. The number of H-pyrrole nitrogens is 2. The molecule has 0 radical (unpaired) electrons. The number of aromatic nitrogens is 12. The van der Waals surface area contributed by atoms with E-state index in [1.54, 1.807) is 0 Å². The molecule has 75 heavy (non-hydrogen) atoms. The van der Waals surface area contributed by atoms with Crippen LogP contribution in [0.5, 0.6) is 0 Å². The van der Waals surface area contributed by atoms with Gasteiger partial charge in [0.15, 0.2) is 41.4 Å². The van der Waals surface area contributed by atoms with Gasteiger partial charge in [-0.25, -0.2) is 38.2 Å². The summed E-state index contributed by atoms with van der Waals surface area (Å²) in [4.78, 5) is 99.2. The van der Waals surface area contributed by atoms with Crippen LogP contribution in [-0.2, 0) is 66.4 Å². The van der Waals surface area contributed by atoms with Crippen LogP contribution in [0.25, 0.3) is 33.5 Å². The van der Waals surface area contributed by atoms with E-state index in [9.17, 15) is 67.8 Å². The summed E-state index contributed by atoms with van der Waals surface area (Å²) in [7, 11) is -21.1. The summed E-state index contributed by atoms with van der Waals surface area (Å²) in [5, 5.41) is 43.0. The van der Waals surface area contributed by atoms with Crippen molar-refractivity contribution in [2.75, 3.05) is 50.7 Å². The number of imidazole rings is 3. The quantitative estimate of drug-likeness (QED) is 0.0267. The second kappa shape index (κ2) is 20.4. The smallest absolute Gasteiger partial charge is 0.490 e. The summed E-state index contributed by atoms with van der Waals surface area (Å²) in [5.74, 6) is -2.01. The summed E-state index contributed by atoms with van der Waals surface area (Å²) in [6.07, 6.45) is -12.0. The van der Waals surface area contributed by atoms with Crippen molar-refractivity contribution < 1.29 is 104 Å². The molecule has 0 spiro atoms. The summed E-state index contributed by atoms with van der Waals surface area (Å²) in [6, 6.07) is 0. The number of phosphoric acid groups is 3. The van der Waals surface area contributed by atoms with Gasteiger partial charge in [-0.3, -0.25) is 42.3 Å². The van der Waals surface area contributed by atoms with Gasteiger partial charge in [-0.2, -0.15) is 13.6 Å². The third kappa shape index (κ3) is 10.6. The molecule has 9 rings (SSSR count). The fraction of sp³-hybridized carbons (Fsp3) is 0.545. The Morgan fingerprint density at radius 3 is 2.01 bits per heavy atom. The molecule has 3 aliphatic heterocycles. The number of ether oxygens (including phenoxy) is 4. The summed E-state index contributed by atoms with van der Waals surface area (Å²) in [5.41, 5.74) is 13.4. The van der Waals surface area contributed by atoms with Gasteiger partial charge in [0.2, 0.25) is 17.7 Å². The molecule has 3 fully saturated rings. The van der Waals surface area contributed by atoms with E-state index in [4.69, 9.17) is 49.7 Å². The van der Waals surface area contributed by atoms with Gasteiger partial charge >= 0.3 is 29.1 Å². The molecule has 0 amide bonds. The molecule has 9 heterocycles. The van der Waals surface area contributed by atoms with Crippen LogP contribution in [0.3, 0.4) is 0 Å². The van der Waals surface area contributed by atoms with Crippen LogP contribution in [0.4, 0.5) is 17.7 Å². The van der Waals surface area contributed by atoms with Crippen molar-refractivity contribution in [3.63, 3.8) is 0 Å². The Balaban J connectivity index is 0.885. The first-order valence-electron chi connectivity index (χ1n) is 21.4. The van der Waals surface area contributed by atoms with Gasteiger partial charge in [0.05, 0.1) is 64.0 Å². The van der Waals surface area contributed by atoms with Crippen molar-refractivity contribution in [1.29, 1.82) is 0 Å². The molecule has 410 valence electrons. The molecule has 6 aromatic rings. The lowest BCUT2D eigenvalue weighted by molar-refractivity contribution is -0.745. The van der Waals surface area contributed by atoms with Crippen molar-refractivity contribution in [3.8, 4) is 0 Å². The number of nitrogens with zero attached hydrogens (tertiary/aromatic N) is 10. The third-order valence-electron chi connectivity index (χ3n) is 12.1. The van der Waals surface area contributed by atoms with E-state index < -0.39 is 142 Å². The van der Waals surface area contributed by atoms with Crippen LogP contribution in [0, 0.1) is 5.92 Å². The normalized spacial score (nSPS) is 30.5. The third-order valence-corrected chi connectivity index (χ3v) is 18.2. The van der Waals surface area contributed by atoms with Crippen LogP contribution in [0.1, 0.15) is 18.7 Å². The Hall–Kier alpha value is -5.11. The highest BCUT2D eigenvalue weighted by Gasteiger charge is 2.55. The minimum absolute atomic E-state index is 0.00238. The lowest BCUT2D eigenvalue weighted by Crippen LogP contribution is -2.45. The van der Waals surface area contributed by atoms with E-state index in [1.807, 2.05) is 0 Å². The maximum atomic E-state index is 14.3. The second-order valence-corrected chi connectivity index (χ2v) is 23.4. The van der Waals surface area contributed by atoms with Crippen molar-refractivity contribution >= 4 is 82.3 Å². The van der Waals surface area contributed by atoms with Crippen LogP contribution in [-0.4, -0.2) is 171 Å². The Morgan fingerprint density at radius 2 is 1.35 bits per heavy atom. The number of anilines is 3. The summed E-state index contributed by atoms with van der Waals surface area (Å²) in [6.45, 7) is -4.25. The Kier molecular flexibility index (Phi) is 14.8. The first kappa shape index (κ1) is 54.7. The fourth-order valence-corrected chi connectivity index (χ4v) is 14.0. The maximum Gasteiger partial charge on any atom is 0.490 e. The second-order valence-electron chi connectivity index (χ2n) is 16.8. The number of hydrogen-bond donors (Lipinski definition) is 12. The number of aryl methyl sites for hydroxylation is 1. The molecule has 3 saturated heterocycles. The van der Waals surface area contributed by atoms with Gasteiger partial charge in [-0.1, -0.05) is 4.98 Å². The standard InChI is InChI=1S/C33H45N15O23P4/c1-45-10-48(26-17(45)28(54)44-33(36)42-26)29-18(50)11(3-49)12(67-29)4-65-73(57,58)70-75(61,62)71-74(59,60)66-6-14-22(21(63-2)31(69-14)46-8-39-15-23(34)37-7-38-24(15)46)72(55,56)64-5-13-19(51)20(52)30(68-13)47-9-40-16-25(47)41-32(35)43-27(16)53/h7-14,18-22,29-31,49-52H,3-6H2,1-2H3,(H11-,34,35,36,37,38,41,42,43,44,53,54,55,56,57,58,59,60,61,62)/t11-,12-,13-,14-,18-,19-,20-,21-,22-,29-,30-,31-/m1/s1. The zero-order chi connectivity index (χ0) is 54.3. The molecule has 3 aliphatic rings. The molecule has 42 heteroatoms. The Labute approximate surface area is 415 Å². The number of fused-ring (bicyclic) bond motifs is 3. The number of nitrogens with one attached hydrogen (secondary N) is 2. The number of nitrogen functional groups attached to an aromatic ring is 3. The number of nitrogens with two attached hydrogens (primary N) is 3. The van der Waals surface area contributed by atoms with Crippen LogP contribution >= 0.6 is 31.1 Å². The predicted octanol–water partition coefficient (Wildman–Crippen LogP) is -5.03. The minimum atomic E-state index is -6.22. The highest BCUT2D eigenvalue weighted by Crippen LogP contribution is 2.68. The summed E-state index contributed by atoms with van der Waals surface area (Å²) < 4.78 is 105. The largest absolute Gasteiger partial charge is 0.778 e. The van der Waals surface area contributed by atoms with Gasteiger partial charge in [-0.15, -0.1) is 0 Å². The van der Waals surface area contributed by atoms with Gasteiger partial charge in [0, 0.05) is 13.0 Å². The lowest BCUT2D eigenvalue weighted by Gasteiger charge is -2.35. The molecule has 0 saturated carbocycles. The average Bonchev–Trinajstić information content (AvgIpc) is 4.18. The van der Waals surface area contributed by atoms with E-state index in [-0.39, 0.29) is 51.2 Å². The molecule has 38 nitrogen and oxygen atoms in total. The number of aliphatic hydroxyl groups excluding tert-OH is 4. The zero-order valence-corrected chi connectivity index (χ0v) is 41.8. The van der Waals surface area contributed by atoms with E-state index >= 15 is 0 Å². The molecule has 4 unspecified atom stereocenters. The molecule has 0 bridgehead atoms. The Morgan fingerprint density at radius 1 is 0.747 bits per heavy atom. The number of phosphoric ester groups is 2.